The molecule has 0 aromatic carbocycles. The van der Waals surface area contributed by atoms with Crippen LogP contribution in [-0.2, 0) is 0 Å². The first kappa shape index (κ1) is 17.3. The largest absolute Gasteiger partial charge is 0.325 e. The first-order valence-corrected chi connectivity index (χ1v) is 9.35. The second kappa shape index (κ2) is 8.03. The van der Waals surface area contributed by atoms with Gasteiger partial charge in [-0.1, -0.05) is 13.0 Å². The molecule has 3 heterocycles. The molecule has 0 bridgehead atoms. The summed E-state index contributed by atoms with van der Waals surface area (Å²) >= 11 is 1.71. The maximum atomic E-state index is 4.83. The average Bonchev–Trinajstić information content (AvgIpc) is 3.05. The van der Waals surface area contributed by atoms with Crippen LogP contribution in [0, 0.1) is 0 Å². The summed E-state index contributed by atoms with van der Waals surface area (Å²) < 4.78 is 1.17. The van der Waals surface area contributed by atoms with Crippen molar-refractivity contribution in [2.24, 2.45) is 4.99 Å². The first-order chi connectivity index (χ1) is 12.2. The van der Waals surface area contributed by atoms with Crippen molar-refractivity contribution < 1.29 is 0 Å². The van der Waals surface area contributed by atoms with Crippen molar-refractivity contribution in [2.45, 2.75) is 33.2 Å². The normalized spacial score (nSPS) is 13.5. The van der Waals surface area contributed by atoms with Gasteiger partial charge in [0.15, 0.2) is 0 Å². The minimum absolute atomic E-state index is 0.274. The van der Waals surface area contributed by atoms with Crippen LogP contribution in [0.4, 0.5) is 5.82 Å². The van der Waals surface area contributed by atoms with E-state index in [1.54, 1.807) is 11.3 Å². The Morgan fingerprint density at radius 3 is 2.80 bits per heavy atom. The van der Waals surface area contributed by atoms with E-state index in [1.807, 2.05) is 49.7 Å². The molecular weight excluding hydrogens is 328 g/mol. The summed E-state index contributed by atoms with van der Waals surface area (Å²) in [4.78, 5) is 13.6. The van der Waals surface area contributed by atoms with Gasteiger partial charge in [0.2, 0.25) is 0 Å². The van der Waals surface area contributed by atoms with Gasteiger partial charge >= 0.3 is 0 Å². The molecular formula is C20H22N4S. The van der Waals surface area contributed by atoms with Crippen LogP contribution in [-0.4, -0.2) is 21.8 Å². The molecule has 3 aromatic rings. The van der Waals surface area contributed by atoms with E-state index in [0.29, 0.717) is 0 Å². The number of nitrogens with zero attached hydrogens (tertiary/aromatic N) is 3. The fraction of sp³-hybridized carbons (Fsp3) is 0.250. The zero-order valence-electron chi connectivity index (χ0n) is 14.7. The highest BCUT2D eigenvalue weighted by molar-refractivity contribution is 7.17. The average molecular weight is 350 g/mol. The first-order valence-electron chi connectivity index (χ1n) is 8.47. The lowest BCUT2D eigenvalue weighted by molar-refractivity contribution is 0.717. The third-order valence-corrected chi connectivity index (χ3v) is 4.88. The highest BCUT2D eigenvalue weighted by atomic mass is 32.1. The van der Waals surface area contributed by atoms with Crippen LogP contribution in [0.1, 0.15) is 27.2 Å². The Kier molecular flexibility index (Phi) is 5.56. The number of aromatic nitrogens is 2. The summed E-state index contributed by atoms with van der Waals surface area (Å²) in [6.45, 7) is 6.24. The van der Waals surface area contributed by atoms with Crippen LogP contribution < -0.4 is 5.32 Å². The molecule has 0 saturated heterocycles. The van der Waals surface area contributed by atoms with Crippen LogP contribution in [0.2, 0.25) is 0 Å². The van der Waals surface area contributed by atoms with Gasteiger partial charge in [0.05, 0.1) is 10.2 Å². The third-order valence-electron chi connectivity index (χ3n) is 3.94. The van der Waals surface area contributed by atoms with Gasteiger partial charge in [0.25, 0.3) is 0 Å². The maximum Gasteiger partial charge on any atom is 0.132 e. The molecule has 0 aliphatic carbocycles. The Bertz CT molecular complexity index is 896. The predicted octanol–water partition coefficient (Wildman–Crippen LogP) is 5.54. The lowest BCUT2D eigenvalue weighted by Crippen LogP contribution is -2.13. The van der Waals surface area contributed by atoms with E-state index in [4.69, 9.17) is 9.98 Å². The molecule has 1 atom stereocenters. The van der Waals surface area contributed by atoms with E-state index < -0.39 is 0 Å². The second-order valence-electron chi connectivity index (χ2n) is 5.83. The van der Waals surface area contributed by atoms with Crippen LogP contribution in [0.15, 0.2) is 59.2 Å². The standard InChI is InChI=1S/C20H22N4S/c1-4-6-18(22-14(3)5-2)23-19-8-7-17-20(24-19)16(13-25-17)15-9-11-21-12-10-15/h4,6-14H,5H2,1-3H3,(H,22,23,24)/b6-4-. The molecule has 0 radical (unpaired) electrons. The molecule has 0 spiro atoms. The minimum Gasteiger partial charge on any atom is -0.325 e. The third kappa shape index (κ3) is 4.12. The van der Waals surface area contributed by atoms with Crippen LogP contribution in [0.25, 0.3) is 21.3 Å². The van der Waals surface area contributed by atoms with Gasteiger partial charge in [-0.05, 0) is 56.2 Å². The van der Waals surface area contributed by atoms with Gasteiger partial charge in [0, 0.05) is 29.4 Å². The molecule has 0 fully saturated rings. The Hall–Kier alpha value is -2.53. The maximum absolute atomic E-state index is 4.83. The fourth-order valence-electron chi connectivity index (χ4n) is 2.45. The van der Waals surface area contributed by atoms with E-state index in [2.05, 4.69) is 35.6 Å². The molecule has 5 heteroatoms. The zero-order chi connectivity index (χ0) is 17.6. The van der Waals surface area contributed by atoms with E-state index in [0.717, 1.165) is 34.7 Å². The quantitative estimate of drug-likeness (QED) is 0.485. The summed E-state index contributed by atoms with van der Waals surface area (Å²) in [5.41, 5.74) is 3.27. The van der Waals surface area contributed by atoms with Gasteiger partial charge in [-0.15, -0.1) is 11.3 Å². The summed E-state index contributed by atoms with van der Waals surface area (Å²) in [5.74, 6) is 1.64. The van der Waals surface area contributed by atoms with Gasteiger partial charge in [-0.3, -0.25) is 9.98 Å². The fourth-order valence-corrected chi connectivity index (χ4v) is 3.36. The number of thiophene rings is 1. The number of rotatable bonds is 5. The highest BCUT2D eigenvalue weighted by Gasteiger charge is 2.09. The lowest BCUT2D eigenvalue weighted by atomic mass is 10.1. The number of hydrogen-bond acceptors (Lipinski definition) is 4. The van der Waals surface area contributed by atoms with Gasteiger partial charge in [-0.25, -0.2) is 4.98 Å². The van der Waals surface area contributed by atoms with Crippen molar-refractivity contribution in [3.8, 4) is 11.1 Å². The monoisotopic (exact) mass is 350 g/mol. The molecule has 4 nitrogen and oxygen atoms in total. The van der Waals surface area contributed by atoms with E-state index in [1.165, 1.54) is 4.70 Å². The van der Waals surface area contributed by atoms with Crippen LogP contribution in [0.5, 0.6) is 0 Å². The molecule has 0 aliphatic heterocycles. The highest BCUT2D eigenvalue weighted by Crippen LogP contribution is 2.33. The smallest absolute Gasteiger partial charge is 0.132 e. The van der Waals surface area contributed by atoms with E-state index in [9.17, 15) is 0 Å². The molecule has 1 unspecified atom stereocenters. The number of aliphatic imine (C=N–C) groups is 1. The number of allylic oxidation sites excluding steroid dienone is 1. The molecule has 0 amide bonds. The Balaban J connectivity index is 1.96. The molecule has 3 aromatic heterocycles. The number of anilines is 1. The van der Waals surface area contributed by atoms with Gasteiger partial charge in [0.1, 0.15) is 11.7 Å². The number of fused-ring (bicyclic) bond motifs is 1. The Labute approximate surface area is 152 Å². The predicted molar refractivity (Wildman–Crippen MR) is 108 cm³/mol. The van der Waals surface area contributed by atoms with Gasteiger partial charge < -0.3 is 5.32 Å². The van der Waals surface area contributed by atoms with E-state index in [-0.39, 0.29) is 6.04 Å². The molecule has 0 aliphatic rings. The van der Waals surface area contributed by atoms with Crippen molar-refractivity contribution in [2.75, 3.05) is 5.32 Å². The molecule has 128 valence electrons. The van der Waals surface area contributed by atoms with Crippen LogP contribution >= 0.6 is 11.3 Å². The summed E-state index contributed by atoms with van der Waals surface area (Å²) in [7, 11) is 0. The van der Waals surface area contributed by atoms with Crippen LogP contribution in [0.3, 0.4) is 0 Å². The molecule has 0 saturated carbocycles. The number of nitrogens with one attached hydrogen (secondary N) is 1. The van der Waals surface area contributed by atoms with Crippen molar-refractivity contribution >= 4 is 33.2 Å². The summed E-state index contributed by atoms with van der Waals surface area (Å²) in [5, 5.41) is 5.50. The molecule has 1 N–H and O–H groups in total. The molecule has 3 rings (SSSR count). The zero-order valence-corrected chi connectivity index (χ0v) is 15.5. The van der Waals surface area contributed by atoms with Gasteiger partial charge in [-0.2, -0.15) is 0 Å². The Morgan fingerprint density at radius 1 is 1.28 bits per heavy atom. The van der Waals surface area contributed by atoms with Crippen molar-refractivity contribution in [1.82, 2.24) is 9.97 Å². The van der Waals surface area contributed by atoms with Crippen molar-refractivity contribution in [3.63, 3.8) is 0 Å². The summed E-state index contributed by atoms with van der Waals surface area (Å²) in [6.07, 6.45) is 8.59. The summed E-state index contributed by atoms with van der Waals surface area (Å²) in [6, 6.07) is 8.41. The Morgan fingerprint density at radius 2 is 2.08 bits per heavy atom. The van der Waals surface area contributed by atoms with Crippen molar-refractivity contribution in [3.05, 3.63) is 54.2 Å². The second-order valence-corrected chi connectivity index (χ2v) is 6.74. The lowest BCUT2D eigenvalue weighted by Gasteiger charge is -2.09. The number of pyridine rings is 2. The topological polar surface area (TPSA) is 50.2 Å². The number of amidine groups is 1. The minimum atomic E-state index is 0.274. The number of hydrogen-bond donors (Lipinski definition) is 1. The van der Waals surface area contributed by atoms with Crippen molar-refractivity contribution in [1.29, 1.82) is 0 Å². The SMILES string of the molecule is C/C=C\C(=NC(C)CC)Nc1ccc2scc(-c3ccncc3)c2n1. The van der Waals surface area contributed by atoms with E-state index >= 15 is 0 Å². The molecule has 25 heavy (non-hydrogen) atoms.